The van der Waals surface area contributed by atoms with Gasteiger partial charge in [-0.15, -0.1) is 0 Å². The Labute approximate surface area is 72.4 Å². The normalized spacial score (nSPS) is 56.0. The van der Waals surface area contributed by atoms with Crippen LogP contribution in [-0.2, 0) is 0 Å². The van der Waals surface area contributed by atoms with E-state index in [1.165, 1.54) is 6.42 Å². The Kier molecular flexibility index (Phi) is 1.35. The maximum absolute atomic E-state index is 2.44. The summed E-state index contributed by atoms with van der Waals surface area (Å²) in [7, 11) is 6.22. The SMILES string of the molecule is C1=CC2CC1C1SSSC21. The maximum atomic E-state index is 2.44. The van der Waals surface area contributed by atoms with Gasteiger partial charge in [-0.25, -0.2) is 0 Å². The summed E-state index contributed by atoms with van der Waals surface area (Å²) in [6.07, 6.45) is 6.33. The summed E-state index contributed by atoms with van der Waals surface area (Å²) in [6.45, 7) is 0. The zero-order valence-electron chi connectivity index (χ0n) is 5.40. The van der Waals surface area contributed by atoms with Gasteiger partial charge in [-0.05, 0) is 28.1 Å². The van der Waals surface area contributed by atoms with E-state index in [0.29, 0.717) is 0 Å². The van der Waals surface area contributed by atoms with Crippen LogP contribution in [0.5, 0.6) is 0 Å². The van der Waals surface area contributed by atoms with Crippen LogP contribution < -0.4 is 0 Å². The molecule has 4 atom stereocenters. The van der Waals surface area contributed by atoms with Crippen molar-refractivity contribution in [2.45, 2.75) is 16.9 Å². The van der Waals surface area contributed by atoms with Crippen molar-refractivity contribution in [1.82, 2.24) is 0 Å². The van der Waals surface area contributed by atoms with Gasteiger partial charge < -0.3 is 0 Å². The predicted molar refractivity (Wildman–Crippen MR) is 51.1 cm³/mol. The predicted octanol–water partition coefficient (Wildman–Crippen LogP) is 2.97. The first kappa shape index (κ1) is 6.32. The van der Waals surface area contributed by atoms with Gasteiger partial charge in [-0.2, -0.15) is 0 Å². The molecule has 0 aromatic heterocycles. The van der Waals surface area contributed by atoms with Gasteiger partial charge in [0.1, 0.15) is 0 Å². The summed E-state index contributed by atoms with van der Waals surface area (Å²) < 4.78 is 0. The molecule has 1 aliphatic heterocycles. The van der Waals surface area contributed by atoms with E-state index in [2.05, 4.69) is 33.7 Å². The minimum atomic E-state index is 0.933. The average Bonchev–Trinajstić information content (AvgIpc) is 2.60. The first-order valence-corrected chi connectivity index (χ1v) is 7.23. The molecule has 1 saturated carbocycles. The zero-order chi connectivity index (χ0) is 6.55. The lowest BCUT2D eigenvalue weighted by molar-refractivity contribution is 0.697. The van der Waals surface area contributed by atoms with Gasteiger partial charge in [-0.3, -0.25) is 0 Å². The standard InChI is InChI=1S/C7H8S3/c1-2-5-3-4(1)6-7(5)9-10-8-6/h1-2,4-7H,3H2. The molecule has 54 valence electrons. The molecule has 0 spiro atoms. The second-order valence-electron chi connectivity index (χ2n) is 3.14. The summed E-state index contributed by atoms with van der Waals surface area (Å²) in [5.74, 6) is 1.87. The van der Waals surface area contributed by atoms with Gasteiger partial charge in [0.15, 0.2) is 0 Å². The van der Waals surface area contributed by atoms with Crippen LogP contribution in [0, 0.1) is 11.8 Å². The van der Waals surface area contributed by atoms with Crippen LogP contribution in [0.15, 0.2) is 12.2 Å². The molecule has 0 aromatic rings. The highest BCUT2D eigenvalue weighted by Gasteiger charge is 2.48. The smallest absolute Gasteiger partial charge is 0.0355 e. The number of rotatable bonds is 0. The molecule has 4 unspecified atom stereocenters. The van der Waals surface area contributed by atoms with Gasteiger partial charge >= 0.3 is 0 Å². The van der Waals surface area contributed by atoms with Gasteiger partial charge in [0.2, 0.25) is 0 Å². The third-order valence-electron chi connectivity index (χ3n) is 2.62. The fourth-order valence-electron chi connectivity index (χ4n) is 2.10. The van der Waals surface area contributed by atoms with Crippen molar-refractivity contribution < 1.29 is 0 Å². The number of fused-ring (bicyclic) bond motifs is 5. The van der Waals surface area contributed by atoms with Gasteiger partial charge in [0.25, 0.3) is 0 Å². The highest BCUT2D eigenvalue weighted by molar-refractivity contribution is 9.11. The molecule has 2 fully saturated rings. The second-order valence-corrected chi connectivity index (χ2v) is 7.54. The van der Waals surface area contributed by atoms with E-state index in [1.807, 2.05) is 9.83 Å². The van der Waals surface area contributed by atoms with Crippen LogP contribution >= 0.6 is 31.4 Å². The van der Waals surface area contributed by atoms with Crippen molar-refractivity contribution >= 4 is 31.4 Å². The summed E-state index contributed by atoms with van der Waals surface area (Å²) >= 11 is 0. The van der Waals surface area contributed by atoms with Crippen molar-refractivity contribution in [2.75, 3.05) is 0 Å². The monoisotopic (exact) mass is 188 g/mol. The lowest BCUT2D eigenvalue weighted by Crippen LogP contribution is -2.19. The number of hydrogen-bond donors (Lipinski definition) is 0. The summed E-state index contributed by atoms with van der Waals surface area (Å²) in [6, 6.07) is 0. The molecule has 0 N–H and O–H groups in total. The van der Waals surface area contributed by atoms with Crippen LogP contribution in [0.1, 0.15) is 6.42 Å². The maximum Gasteiger partial charge on any atom is 0.0355 e. The molecule has 3 heteroatoms. The molecular weight excluding hydrogens is 180 g/mol. The quantitative estimate of drug-likeness (QED) is 0.424. The van der Waals surface area contributed by atoms with Crippen molar-refractivity contribution in [3.8, 4) is 0 Å². The minimum Gasteiger partial charge on any atom is -0.0839 e. The number of hydrogen-bond acceptors (Lipinski definition) is 3. The molecule has 0 aromatic carbocycles. The van der Waals surface area contributed by atoms with Crippen LogP contribution in [0.25, 0.3) is 0 Å². The van der Waals surface area contributed by atoms with Gasteiger partial charge in [0.05, 0.1) is 0 Å². The lowest BCUT2D eigenvalue weighted by Gasteiger charge is -2.15. The van der Waals surface area contributed by atoms with Gasteiger partial charge in [-0.1, -0.05) is 33.7 Å². The van der Waals surface area contributed by atoms with E-state index in [-0.39, 0.29) is 0 Å². The van der Waals surface area contributed by atoms with E-state index in [4.69, 9.17) is 0 Å². The highest BCUT2D eigenvalue weighted by atomic mass is 33.5. The Balaban J connectivity index is 1.99. The van der Waals surface area contributed by atoms with Crippen LogP contribution in [0.3, 0.4) is 0 Å². The molecule has 3 rings (SSSR count). The third-order valence-corrected chi connectivity index (χ3v) is 7.90. The van der Waals surface area contributed by atoms with Crippen molar-refractivity contribution in [2.24, 2.45) is 11.8 Å². The molecule has 10 heavy (non-hydrogen) atoms. The molecule has 2 bridgehead atoms. The van der Waals surface area contributed by atoms with E-state index < -0.39 is 0 Å². The molecular formula is C7H8S3. The Morgan fingerprint density at radius 2 is 1.60 bits per heavy atom. The average molecular weight is 188 g/mol. The van der Waals surface area contributed by atoms with Crippen LogP contribution in [-0.4, -0.2) is 10.5 Å². The molecule has 0 amide bonds. The Bertz CT molecular complexity index is 171. The lowest BCUT2D eigenvalue weighted by atomic mass is 10.1. The van der Waals surface area contributed by atoms with Crippen molar-refractivity contribution in [1.29, 1.82) is 0 Å². The first-order valence-electron chi connectivity index (χ1n) is 3.62. The Morgan fingerprint density at radius 3 is 2.20 bits per heavy atom. The molecule has 0 nitrogen and oxygen atoms in total. The Hall–Kier alpha value is 0.790. The summed E-state index contributed by atoms with van der Waals surface area (Å²) in [5, 5.41) is 1.93. The molecule has 1 heterocycles. The van der Waals surface area contributed by atoms with Crippen LogP contribution in [0.2, 0.25) is 0 Å². The fraction of sp³-hybridized carbons (Fsp3) is 0.714. The fourth-order valence-corrected chi connectivity index (χ4v) is 8.69. The largest absolute Gasteiger partial charge is 0.0839 e. The van der Waals surface area contributed by atoms with Crippen molar-refractivity contribution in [3.63, 3.8) is 0 Å². The van der Waals surface area contributed by atoms with Gasteiger partial charge in [0, 0.05) is 10.5 Å². The zero-order valence-corrected chi connectivity index (χ0v) is 7.85. The van der Waals surface area contributed by atoms with Crippen LogP contribution in [0.4, 0.5) is 0 Å². The van der Waals surface area contributed by atoms with E-state index in [9.17, 15) is 0 Å². The highest BCUT2D eigenvalue weighted by Crippen LogP contribution is 2.63. The minimum absolute atomic E-state index is 0.933. The van der Waals surface area contributed by atoms with E-state index in [1.54, 1.807) is 0 Å². The molecule has 1 saturated heterocycles. The number of allylic oxidation sites excluding steroid dienone is 2. The molecule has 2 aliphatic carbocycles. The first-order chi connectivity index (χ1) is 4.95. The second kappa shape index (κ2) is 2.14. The molecule has 3 aliphatic rings. The summed E-state index contributed by atoms with van der Waals surface area (Å²) in [4.78, 5) is 0. The summed E-state index contributed by atoms with van der Waals surface area (Å²) in [5.41, 5.74) is 0. The molecule has 0 radical (unpaired) electrons. The van der Waals surface area contributed by atoms with E-state index >= 15 is 0 Å². The Morgan fingerprint density at radius 1 is 1.00 bits per heavy atom. The van der Waals surface area contributed by atoms with Crippen molar-refractivity contribution in [3.05, 3.63) is 12.2 Å². The third kappa shape index (κ3) is 0.691. The van der Waals surface area contributed by atoms with E-state index in [0.717, 1.165) is 22.3 Å². The topological polar surface area (TPSA) is 0 Å².